The Morgan fingerprint density at radius 3 is 1.71 bits per heavy atom. The summed E-state index contributed by atoms with van der Waals surface area (Å²) in [5, 5.41) is -0.584. The zero-order valence-corrected chi connectivity index (χ0v) is 21.6. The number of methoxy groups -OCH3 is 2. The lowest BCUT2D eigenvalue weighted by molar-refractivity contribution is 0.377. The summed E-state index contributed by atoms with van der Waals surface area (Å²) < 4.78 is 40.6. The van der Waals surface area contributed by atoms with Crippen LogP contribution < -0.4 is 9.47 Å². The Kier molecular flexibility index (Phi) is 9.52. The summed E-state index contributed by atoms with van der Waals surface area (Å²) in [5.41, 5.74) is 2.81. The van der Waals surface area contributed by atoms with Crippen LogP contribution in [0, 0.1) is 5.92 Å². The molecule has 2 atom stereocenters. The van der Waals surface area contributed by atoms with E-state index in [-0.39, 0.29) is 19.0 Å². The molecular formula is C29H35NO4S. The van der Waals surface area contributed by atoms with Crippen LogP contribution in [0.25, 0.3) is 0 Å². The zero-order chi connectivity index (χ0) is 25.3. The second-order valence-electron chi connectivity index (χ2n) is 8.74. The van der Waals surface area contributed by atoms with Gasteiger partial charge in [-0.05, 0) is 59.7 Å². The maximum absolute atomic E-state index is 14.2. The van der Waals surface area contributed by atoms with Crippen LogP contribution in [0.3, 0.4) is 0 Å². The van der Waals surface area contributed by atoms with E-state index in [9.17, 15) is 8.42 Å². The fourth-order valence-corrected chi connectivity index (χ4v) is 6.30. The van der Waals surface area contributed by atoms with E-state index < -0.39 is 15.3 Å². The maximum Gasteiger partial charge on any atom is 0.218 e. The van der Waals surface area contributed by atoms with Crippen molar-refractivity contribution in [2.45, 2.75) is 38.1 Å². The monoisotopic (exact) mass is 493 g/mol. The van der Waals surface area contributed by atoms with Gasteiger partial charge in [-0.3, -0.25) is 0 Å². The minimum atomic E-state index is -3.69. The SMILES string of the molecule is C=CCC(C)C(Cc1ccccc1)S(=O)(=O)N(Cc1ccc(OC)cc1)Cc1ccc(OC)cc1. The molecule has 186 valence electrons. The molecule has 0 aliphatic heterocycles. The molecule has 2 unspecified atom stereocenters. The molecule has 3 aromatic carbocycles. The van der Waals surface area contributed by atoms with Crippen LogP contribution in [-0.4, -0.2) is 32.2 Å². The molecule has 0 heterocycles. The number of benzene rings is 3. The number of nitrogens with zero attached hydrogens (tertiary/aromatic N) is 1. The van der Waals surface area contributed by atoms with E-state index in [0.717, 1.165) is 28.2 Å². The molecule has 5 nitrogen and oxygen atoms in total. The van der Waals surface area contributed by atoms with Crippen molar-refractivity contribution >= 4 is 10.0 Å². The Bertz CT molecular complexity index is 1110. The topological polar surface area (TPSA) is 55.8 Å². The zero-order valence-electron chi connectivity index (χ0n) is 20.8. The number of ether oxygens (including phenoxy) is 2. The summed E-state index contributed by atoms with van der Waals surface area (Å²) in [5.74, 6) is 1.38. The highest BCUT2D eigenvalue weighted by Crippen LogP contribution is 2.28. The van der Waals surface area contributed by atoms with Crippen molar-refractivity contribution in [1.82, 2.24) is 4.31 Å². The lowest BCUT2D eigenvalue weighted by atomic mass is 9.98. The molecule has 0 aliphatic rings. The van der Waals surface area contributed by atoms with Crippen molar-refractivity contribution in [1.29, 1.82) is 0 Å². The van der Waals surface area contributed by atoms with E-state index in [0.29, 0.717) is 12.8 Å². The normalized spacial score (nSPS) is 13.3. The lowest BCUT2D eigenvalue weighted by Gasteiger charge is -2.31. The van der Waals surface area contributed by atoms with Gasteiger partial charge in [0.1, 0.15) is 11.5 Å². The summed E-state index contributed by atoms with van der Waals surface area (Å²) >= 11 is 0. The van der Waals surface area contributed by atoms with Gasteiger partial charge < -0.3 is 9.47 Å². The maximum atomic E-state index is 14.2. The molecule has 0 saturated heterocycles. The number of hydrogen-bond acceptors (Lipinski definition) is 4. The molecule has 0 spiro atoms. The van der Waals surface area contributed by atoms with Crippen LogP contribution in [0.5, 0.6) is 11.5 Å². The van der Waals surface area contributed by atoms with Crippen LogP contribution in [0.4, 0.5) is 0 Å². The van der Waals surface area contributed by atoms with E-state index >= 15 is 0 Å². The van der Waals surface area contributed by atoms with Gasteiger partial charge in [0.15, 0.2) is 0 Å². The molecule has 0 aromatic heterocycles. The van der Waals surface area contributed by atoms with Gasteiger partial charge >= 0.3 is 0 Å². The van der Waals surface area contributed by atoms with Gasteiger partial charge in [-0.25, -0.2) is 8.42 Å². The average Bonchev–Trinajstić information content (AvgIpc) is 2.88. The summed E-state index contributed by atoms with van der Waals surface area (Å²) in [4.78, 5) is 0. The molecule has 0 aliphatic carbocycles. The Morgan fingerprint density at radius 2 is 1.29 bits per heavy atom. The fourth-order valence-electron chi connectivity index (χ4n) is 4.16. The number of rotatable bonds is 13. The van der Waals surface area contributed by atoms with Gasteiger partial charge in [-0.1, -0.05) is 67.6 Å². The molecular weight excluding hydrogens is 458 g/mol. The van der Waals surface area contributed by atoms with E-state index in [1.807, 2.05) is 85.8 Å². The quantitative estimate of drug-likeness (QED) is 0.280. The average molecular weight is 494 g/mol. The Hall–Kier alpha value is -3.09. The fraction of sp³-hybridized carbons (Fsp3) is 0.310. The Morgan fingerprint density at radius 1 is 0.800 bits per heavy atom. The molecule has 3 rings (SSSR count). The summed E-state index contributed by atoms with van der Waals surface area (Å²) in [7, 11) is -0.456. The molecule has 35 heavy (non-hydrogen) atoms. The molecule has 6 heteroatoms. The first kappa shape index (κ1) is 26.5. The van der Waals surface area contributed by atoms with Crippen LogP contribution in [0.1, 0.15) is 30.0 Å². The van der Waals surface area contributed by atoms with E-state index in [4.69, 9.17) is 9.47 Å². The molecule has 0 radical (unpaired) electrons. The molecule has 0 bridgehead atoms. The van der Waals surface area contributed by atoms with Crippen molar-refractivity contribution < 1.29 is 17.9 Å². The third-order valence-corrected chi connectivity index (χ3v) is 8.61. The van der Waals surface area contributed by atoms with E-state index in [2.05, 4.69) is 6.58 Å². The van der Waals surface area contributed by atoms with Gasteiger partial charge in [-0.15, -0.1) is 6.58 Å². The largest absolute Gasteiger partial charge is 0.497 e. The second kappa shape index (κ2) is 12.6. The highest BCUT2D eigenvalue weighted by Gasteiger charge is 2.35. The van der Waals surface area contributed by atoms with Crippen molar-refractivity contribution in [3.05, 3.63) is 108 Å². The first-order valence-corrected chi connectivity index (χ1v) is 13.3. The molecule has 3 aromatic rings. The van der Waals surface area contributed by atoms with Crippen molar-refractivity contribution in [2.75, 3.05) is 14.2 Å². The Labute approximate surface area is 210 Å². The van der Waals surface area contributed by atoms with E-state index in [1.165, 1.54) is 0 Å². The van der Waals surface area contributed by atoms with Crippen LogP contribution >= 0.6 is 0 Å². The first-order valence-electron chi connectivity index (χ1n) is 11.8. The van der Waals surface area contributed by atoms with Gasteiger partial charge in [0, 0.05) is 13.1 Å². The van der Waals surface area contributed by atoms with Crippen LogP contribution in [-0.2, 0) is 29.5 Å². The lowest BCUT2D eigenvalue weighted by Crippen LogP contribution is -2.42. The number of allylic oxidation sites excluding steroid dienone is 1. The predicted octanol–water partition coefficient (Wildman–Crippen LogP) is 5.86. The van der Waals surface area contributed by atoms with E-state index in [1.54, 1.807) is 24.6 Å². The second-order valence-corrected chi connectivity index (χ2v) is 10.9. The van der Waals surface area contributed by atoms with Crippen LogP contribution in [0.2, 0.25) is 0 Å². The van der Waals surface area contributed by atoms with Crippen molar-refractivity contribution in [2.24, 2.45) is 5.92 Å². The summed E-state index contributed by atoms with van der Waals surface area (Å²) in [6.45, 7) is 6.38. The minimum absolute atomic E-state index is 0.0908. The molecule has 0 amide bonds. The van der Waals surface area contributed by atoms with Gasteiger partial charge in [0.2, 0.25) is 10.0 Å². The Balaban J connectivity index is 1.98. The molecule has 0 N–H and O–H groups in total. The molecule has 0 fully saturated rings. The molecule has 0 saturated carbocycles. The number of hydrogen-bond donors (Lipinski definition) is 0. The smallest absolute Gasteiger partial charge is 0.218 e. The standard InChI is InChI=1S/C29H35NO4S/c1-5-9-23(2)29(20-24-10-7-6-8-11-24)35(31,32)30(21-25-12-16-27(33-3)17-13-25)22-26-14-18-28(34-4)19-15-26/h5-8,10-19,23,29H,1,9,20-22H2,2-4H3. The summed E-state index contributed by atoms with van der Waals surface area (Å²) in [6.07, 6.45) is 2.87. The predicted molar refractivity (Wildman–Crippen MR) is 142 cm³/mol. The first-order chi connectivity index (χ1) is 16.9. The third kappa shape index (κ3) is 7.20. The van der Waals surface area contributed by atoms with Crippen molar-refractivity contribution in [3.63, 3.8) is 0 Å². The number of sulfonamides is 1. The van der Waals surface area contributed by atoms with Gasteiger partial charge in [-0.2, -0.15) is 4.31 Å². The summed E-state index contributed by atoms with van der Waals surface area (Å²) in [6, 6.07) is 24.9. The van der Waals surface area contributed by atoms with Crippen LogP contribution in [0.15, 0.2) is 91.5 Å². The van der Waals surface area contributed by atoms with Gasteiger partial charge in [0.05, 0.1) is 19.5 Å². The van der Waals surface area contributed by atoms with Gasteiger partial charge in [0.25, 0.3) is 0 Å². The highest BCUT2D eigenvalue weighted by molar-refractivity contribution is 7.89. The van der Waals surface area contributed by atoms with Crippen molar-refractivity contribution in [3.8, 4) is 11.5 Å². The third-order valence-electron chi connectivity index (χ3n) is 6.23. The highest BCUT2D eigenvalue weighted by atomic mass is 32.2. The minimum Gasteiger partial charge on any atom is -0.497 e.